The van der Waals surface area contributed by atoms with Crippen LogP contribution in [0.3, 0.4) is 0 Å². The summed E-state index contributed by atoms with van der Waals surface area (Å²) < 4.78 is 0. The summed E-state index contributed by atoms with van der Waals surface area (Å²) in [6.45, 7) is 0. The van der Waals surface area contributed by atoms with E-state index in [1.165, 1.54) is 0 Å². The van der Waals surface area contributed by atoms with E-state index < -0.39 is 23.4 Å². The Morgan fingerprint density at radius 3 is 2.26 bits per heavy atom. The van der Waals surface area contributed by atoms with Crippen molar-refractivity contribution in [1.82, 2.24) is 0 Å². The molecule has 7 rings (SSSR count). The summed E-state index contributed by atoms with van der Waals surface area (Å²) in [7, 11) is 0. The first-order valence-electron chi connectivity index (χ1n) is 13.0. The van der Waals surface area contributed by atoms with E-state index in [-0.39, 0.29) is 17.6 Å². The number of Topliss-reactive ketones (excluding diaryl/α,β-unsaturated/α-hetero) is 1. The minimum absolute atomic E-state index is 0.240. The Morgan fingerprint density at radius 1 is 0.795 bits per heavy atom. The van der Waals surface area contributed by atoms with E-state index in [0.717, 1.165) is 16.8 Å². The number of carbonyl (C=O) groups excluding carboxylic acids is 3. The van der Waals surface area contributed by atoms with Gasteiger partial charge in [0.2, 0.25) is 11.8 Å². The van der Waals surface area contributed by atoms with Gasteiger partial charge in [0.05, 0.1) is 12.0 Å². The molecule has 3 heterocycles. The molecule has 0 aromatic heterocycles. The lowest BCUT2D eigenvalue weighted by Gasteiger charge is -2.37. The van der Waals surface area contributed by atoms with Gasteiger partial charge < -0.3 is 15.5 Å². The molecule has 1 saturated heterocycles. The van der Waals surface area contributed by atoms with Crippen molar-refractivity contribution in [3.63, 3.8) is 0 Å². The van der Waals surface area contributed by atoms with Crippen LogP contribution in [0.5, 0.6) is 0 Å². The van der Waals surface area contributed by atoms with E-state index in [2.05, 4.69) is 10.6 Å². The Bertz CT molecular complexity index is 1650. The number of benzene rings is 4. The third-order valence-corrected chi connectivity index (χ3v) is 8.19. The van der Waals surface area contributed by atoms with E-state index in [4.69, 9.17) is 0 Å². The highest BCUT2D eigenvalue weighted by atomic mass is 16.2. The first kappa shape index (κ1) is 23.2. The van der Waals surface area contributed by atoms with Crippen molar-refractivity contribution in [2.24, 2.45) is 5.92 Å². The van der Waals surface area contributed by atoms with Crippen molar-refractivity contribution < 1.29 is 14.4 Å². The number of hydrogen-bond acceptors (Lipinski definition) is 4. The molecule has 0 unspecified atom stereocenters. The van der Waals surface area contributed by atoms with Crippen LogP contribution in [-0.2, 0) is 15.0 Å². The summed E-state index contributed by atoms with van der Waals surface area (Å²) >= 11 is 0. The van der Waals surface area contributed by atoms with Crippen LogP contribution in [0.2, 0.25) is 0 Å². The van der Waals surface area contributed by atoms with Gasteiger partial charge in [-0.3, -0.25) is 14.4 Å². The summed E-state index contributed by atoms with van der Waals surface area (Å²) in [5.41, 5.74) is 2.94. The SMILES string of the molecule is O=C(c1ccccc1)[C@@H]1[C@H](C(=O)Nc2ccccc2)N2c3ccccc3C=C[C@@H]2[C@@]12C(=O)Nc1ccccc12. The fourth-order valence-electron chi connectivity index (χ4n) is 6.64. The van der Waals surface area contributed by atoms with E-state index >= 15 is 0 Å². The Labute approximate surface area is 226 Å². The van der Waals surface area contributed by atoms with Gasteiger partial charge in [-0.1, -0.05) is 97.1 Å². The monoisotopic (exact) mass is 511 g/mol. The van der Waals surface area contributed by atoms with Crippen molar-refractivity contribution in [3.8, 4) is 0 Å². The van der Waals surface area contributed by atoms with E-state index in [1.807, 2.05) is 102 Å². The molecule has 39 heavy (non-hydrogen) atoms. The zero-order valence-corrected chi connectivity index (χ0v) is 21.0. The average molecular weight is 512 g/mol. The first-order chi connectivity index (χ1) is 19.1. The van der Waals surface area contributed by atoms with E-state index in [9.17, 15) is 14.4 Å². The first-order valence-corrected chi connectivity index (χ1v) is 13.0. The van der Waals surface area contributed by atoms with Crippen LogP contribution in [0.15, 0.2) is 115 Å². The van der Waals surface area contributed by atoms with Gasteiger partial charge in [0.1, 0.15) is 11.5 Å². The Hall–Kier alpha value is -4.97. The molecular weight excluding hydrogens is 486 g/mol. The molecule has 3 aliphatic heterocycles. The van der Waals surface area contributed by atoms with Gasteiger partial charge >= 0.3 is 0 Å². The number of ketones is 1. The molecule has 2 N–H and O–H groups in total. The quantitative estimate of drug-likeness (QED) is 0.365. The fourth-order valence-corrected chi connectivity index (χ4v) is 6.64. The van der Waals surface area contributed by atoms with Crippen LogP contribution >= 0.6 is 0 Å². The lowest BCUT2D eigenvalue weighted by atomic mass is 9.64. The van der Waals surface area contributed by atoms with E-state index in [1.54, 1.807) is 24.3 Å². The molecular formula is C33H25N3O3. The lowest BCUT2D eigenvalue weighted by Crippen LogP contribution is -2.51. The minimum atomic E-state index is -1.31. The summed E-state index contributed by atoms with van der Waals surface area (Å²) in [4.78, 5) is 45.1. The number of nitrogens with one attached hydrogen (secondary N) is 2. The standard InChI is InChI=1S/C33H25N3O3/c37-30(22-12-3-1-4-13-22)28-29(31(38)34-23-14-5-2-6-15-23)36-26-18-10-7-11-21(26)19-20-27(36)33(28)24-16-8-9-17-25(24)35-32(33)39/h1-20,27-29H,(H,34,38)(H,35,39)/t27-,28+,29-,33-/m1/s1. The highest BCUT2D eigenvalue weighted by Gasteiger charge is 2.70. The summed E-state index contributed by atoms with van der Waals surface area (Å²) in [6, 6.07) is 32.0. The Kier molecular flexibility index (Phi) is 5.23. The van der Waals surface area contributed by atoms with Crippen molar-refractivity contribution in [3.05, 3.63) is 132 Å². The highest BCUT2D eigenvalue weighted by molar-refractivity contribution is 6.17. The molecule has 0 radical (unpaired) electrons. The highest BCUT2D eigenvalue weighted by Crippen LogP contribution is 2.57. The smallest absolute Gasteiger partial charge is 0.247 e. The number of rotatable bonds is 4. The van der Waals surface area contributed by atoms with Crippen molar-refractivity contribution in [2.75, 3.05) is 15.5 Å². The van der Waals surface area contributed by atoms with Gasteiger partial charge in [-0.15, -0.1) is 0 Å². The second-order valence-corrected chi connectivity index (χ2v) is 10.1. The molecule has 4 aromatic rings. The third-order valence-electron chi connectivity index (χ3n) is 8.19. The zero-order chi connectivity index (χ0) is 26.6. The largest absolute Gasteiger partial charge is 0.350 e. The normalized spacial score (nSPS) is 24.1. The lowest BCUT2D eigenvalue weighted by molar-refractivity contribution is -0.122. The number of nitrogens with zero attached hydrogens (tertiary/aromatic N) is 1. The summed E-state index contributed by atoms with van der Waals surface area (Å²) in [5, 5.41) is 6.09. The molecule has 0 bridgehead atoms. The van der Waals surface area contributed by atoms with Crippen LogP contribution in [0.4, 0.5) is 17.1 Å². The second-order valence-electron chi connectivity index (χ2n) is 10.1. The maximum Gasteiger partial charge on any atom is 0.247 e. The molecule has 1 fully saturated rings. The predicted molar refractivity (Wildman–Crippen MR) is 152 cm³/mol. The summed E-state index contributed by atoms with van der Waals surface area (Å²) in [5.74, 6) is -1.84. The fraction of sp³-hybridized carbons (Fsp3) is 0.121. The van der Waals surface area contributed by atoms with Crippen LogP contribution < -0.4 is 15.5 Å². The topological polar surface area (TPSA) is 78.5 Å². The number of para-hydroxylation sites is 3. The van der Waals surface area contributed by atoms with Gasteiger partial charge in [-0.05, 0) is 35.4 Å². The number of carbonyl (C=O) groups is 3. The molecule has 4 atom stereocenters. The molecule has 6 heteroatoms. The molecule has 6 nitrogen and oxygen atoms in total. The van der Waals surface area contributed by atoms with Crippen LogP contribution in [-0.4, -0.2) is 29.7 Å². The van der Waals surface area contributed by atoms with Crippen molar-refractivity contribution >= 4 is 40.7 Å². The number of hydrogen-bond donors (Lipinski definition) is 2. The second kappa shape index (κ2) is 8.81. The molecule has 3 aliphatic rings. The molecule has 190 valence electrons. The van der Waals surface area contributed by atoms with Crippen molar-refractivity contribution in [2.45, 2.75) is 17.5 Å². The Balaban J connectivity index is 1.50. The van der Waals surface area contributed by atoms with Gasteiger partial charge in [-0.2, -0.15) is 0 Å². The molecule has 1 spiro atoms. The van der Waals surface area contributed by atoms with E-state index in [0.29, 0.717) is 16.9 Å². The van der Waals surface area contributed by atoms with Gasteiger partial charge in [-0.25, -0.2) is 0 Å². The molecule has 0 saturated carbocycles. The number of fused-ring (bicyclic) bond motifs is 6. The maximum absolute atomic E-state index is 14.6. The zero-order valence-electron chi connectivity index (χ0n) is 21.0. The molecule has 2 amide bonds. The van der Waals surface area contributed by atoms with Crippen LogP contribution in [0.25, 0.3) is 6.08 Å². The Morgan fingerprint density at radius 2 is 1.46 bits per heavy atom. The predicted octanol–water partition coefficient (Wildman–Crippen LogP) is 5.30. The molecule has 4 aromatic carbocycles. The third kappa shape index (κ3) is 3.31. The minimum Gasteiger partial charge on any atom is -0.350 e. The van der Waals surface area contributed by atoms with Gasteiger partial charge in [0, 0.05) is 22.6 Å². The van der Waals surface area contributed by atoms with Gasteiger partial charge in [0.25, 0.3) is 0 Å². The average Bonchev–Trinajstić information content (AvgIpc) is 3.46. The maximum atomic E-state index is 14.6. The van der Waals surface area contributed by atoms with Crippen LogP contribution in [0, 0.1) is 5.92 Å². The summed E-state index contributed by atoms with van der Waals surface area (Å²) in [6.07, 6.45) is 3.97. The molecule has 0 aliphatic carbocycles. The number of amides is 2. The number of anilines is 3. The van der Waals surface area contributed by atoms with Crippen LogP contribution in [0.1, 0.15) is 21.5 Å². The van der Waals surface area contributed by atoms with Gasteiger partial charge in [0.15, 0.2) is 5.78 Å². The van der Waals surface area contributed by atoms with Crippen molar-refractivity contribution in [1.29, 1.82) is 0 Å².